The van der Waals surface area contributed by atoms with Gasteiger partial charge in [-0.3, -0.25) is 9.71 Å². The normalized spacial score (nSPS) is 11.5. The van der Waals surface area contributed by atoms with Crippen molar-refractivity contribution in [3.63, 3.8) is 0 Å². The first kappa shape index (κ1) is 21.2. The number of rotatable bonds is 5. The van der Waals surface area contributed by atoms with E-state index in [1.807, 2.05) is 0 Å². The highest BCUT2D eigenvalue weighted by Crippen LogP contribution is 2.31. The van der Waals surface area contributed by atoms with Crippen molar-refractivity contribution in [1.29, 1.82) is 0 Å². The fourth-order valence-electron chi connectivity index (χ4n) is 2.89. The van der Waals surface area contributed by atoms with Gasteiger partial charge in [-0.25, -0.2) is 22.8 Å². The maximum absolute atomic E-state index is 14.3. The number of fused-ring (bicyclic) bond motifs is 1. The molecule has 4 rings (SSSR count). The van der Waals surface area contributed by atoms with Gasteiger partial charge in [-0.1, -0.05) is 29.3 Å². The lowest BCUT2D eigenvalue weighted by atomic mass is 10.1. The molecule has 2 N–H and O–H groups in total. The Bertz CT molecular complexity index is 1420. The summed E-state index contributed by atoms with van der Waals surface area (Å²) in [5.74, 6) is -0.580. The van der Waals surface area contributed by atoms with Crippen LogP contribution in [-0.4, -0.2) is 29.6 Å². The van der Waals surface area contributed by atoms with Crippen LogP contribution in [-0.2, 0) is 10.0 Å². The lowest BCUT2D eigenvalue weighted by Gasteiger charge is -2.12. The molecule has 0 spiro atoms. The van der Waals surface area contributed by atoms with Crippen molar-refractivity contribution in [1.82, 2.24) is 15.0 Å². The smallest absolute Gasteiger partial charge is 0.229 e. The number of hydrogen-bond donors (Lipinski definition) is 2. The van der Waals surface area contributed by atoms with Crippen LogP contribution in [0.4, 0.5) is 21.5 Å². The van der Waals surface area contributed by atoms with Gasteiger partial charge in [-0.05, 0) is 36.4 Å². The van der Waals surface area contributed by atoms with Crippen LogP contribution in [0.3, 0.4) is 0 Å². The molecule has 0 atom stereocenters. The first-order valence-electron chi connectivity index (χ1n) is 8.82. The molecule has 7 nitrogen and oxygen atoms in total. The monoisotopic (exact) mass is 477 g/mol. The molecule has 0 fully saturated rings. The van der Waals surface area contributed by atoms with Gasteiger partial charge in [-0.2, -0.15) is 0 Å². The minimum absolute atomic E-state index is 0.00449. The van der Waals surface area contributed by atoms with Crippen LogP contribution in [0.15, 0.2) is 54.9 Å². The molecule has 3 aromatic heterocycles. The molecule has 0 aliphatic rings. The Hall–Kier alpha value is -3.01. The van der Waals surface area contributed by atoms with E-state index in [0.717, 1.165) is 6.26 Å². The van der Waals surface area contributed by atoms with E-state index >= 15 is 0 Å². The Morgan fingerprint density at radius 2 is 1.81 bits per heavy atom. The van der Waals surface area contributed by atoms with Crippen LogP contribution < -0.4 is 10.0 Å². The first-order chi connectivity index (χ1) is 14.7. The highest BCUT2D eigenvalue weighted by atomic mass is 35.5. The molecule has 0 radical (unpaired) electrons. The maximum Gasteiger partial charge on any atom is 0.229 e. The third-order valence-electron chi connectivity index (χ3n) is 4.24. The SMILES string of the molecule is CS(=O)(=O)Nc1cc(-c2ccc3nccc(Nc4cccc(Cl)c4F)c3n2)cnc1Cl. The molecule has 11 heteroatoms. The van der Waals surface area contributed by atoms with Crippen molar-refractivity contribution < 1.29 is 12.8 Å². The molecule has 158 valence electrons. The summed E-state index contributed by atoms with van der Waals surface area (Å²) < 4.78 is 39.8. The van der Waals surface area contributed by atoms with Gasteiger partial charge in [0.1, 0.15) is 5.52 Å². The predicted octanol–water partition coefficient (Wildman–Crippen LogP) is 5.25. The van der Waals surface area contributed by atoms with Crippen molar-refractivity contribution in [2.75, 3.05) is 16.3 Å². The summed E-state index contributed by atoms with van der Waals surface area (Å²) in [7, 11) is -3.54. The van der Waals surface area contributed by atoms with Crippen LogP contribution in [0.1, 0.15) is 0 Å². The topological polar surface area (TPSA) is 96.9 Å². The standard InChI is InChI=1S/C20H14Cl2FN5O2S/c1-31(29,30)28-17-9-11(10-25-20(17)22)13-5-6-15-19(27-13)16(7-8-24-15)26-14-4-2-3-12(21)18(14)23/h2-10,28H,1H3,(H,24,26). The first-order valence-corrected chi connectivity index (χ1v) is 11.5. The van der Waals surface area contributed by atoms with E-state index in [2.05, 4.69) is 25.0 Å². The average molecular weight is 478 g/mol. The van der Waals surface area contributed by atoms with E-state index in [4.69, 9.17) is 23.2 Å². The summed E-state index contributed by atoms with van der Waals surface area (Å²) in [5.41, 5.74) is 2.93. The Morgan fingerprint density at radius 3 is 2.58 bits per heavy atom. The molecule has 0 unspecified atom stereocenters. The van der Waals surface area contributed by atoms with Crippen molar-refractivity contribution in [2.45, 2.75) is 0 Å². The summed E-state index contributed by atoms with van der Waals surface area (Å²) in [6.45, 7) is 0. The number of halogens is 3. The van der Waals surface area contributed by atoms with Gasteiger partial charge in [0.2, 0.25) is 10.0 Å². The highest BCUT2D eigenvalue weighted by Gasteiger charge is 2.13. The number of benzene rings is 1. The summed E-state index contributed by atoms with van der Waals surface area (Å²) in [4.78, 5) is 12.9. The fourth-order valence-corrected chi connectivity index (χ4v) is 3.83. The molecular formula is C20H14Cl2FN5O2S. The van der Waals surface area contributed by atoms with Crippen LogP contribution in [0.5, 0.6) is 0 Å². The van der Waals surface area contributed by atoms with Gasteiger partial charge in [-0.15, -0.1) is 0 Å². The average Bonchev–Trinajstić information content (AvgIpc) is 2.72. The zero-order valence-corrected chi connectivity index (χ0v) is 18.2. The Balaban J connectivity index is 1.79. The second-order valence-corrected chi connectivity index (χ2v) is 9.10. The van der Waals surface area contributed by atoms with E-state index in [0.29, 0.717) is 28.0 Å². The van der Waals surface area contributed by atoms with Crippen LogP contribution in [0.25, 0.3) is 22.3 Å². The van der Waals surface area contributed by atoms with Gasteiger partial charge in [0.05, 0.1) is 39.6 Å². The number of sulfonamides is 1. The molecule has 0 saturated carbocycles. The number of aromatic nitrogens is 3. The number of hydrogen-bond acceptors (Lipinski definition) is 6. The van der Waals surface area contributed by atoms with Crippen molar-refractivity contribution in [3.05, 3.63) is 70.9 Å². The zero-order chi connectivity index (χ0) is 22.2. The lowest BCUT2D eigenvalue weighted by molar-refractivity contribution is 0.607. The molecule has 0 bridgehead atoms. The summed E-state index contributed by atoms with van der Waals surface area (Å²) in [5, 5.41) is 3.00. The van der Waals surface area contributed by atoms with Crippen molar-refractivity contribution in [3.8, 4) is 11.3 Å². The van der Waals surface area contributed by atoms with Crippen LogP contribution >= 0.6 is 23.2 Å². The van der Waals surface area contributed by atoms with Gasteiger partial charge in [0, 0.05) is 18.0 Å². The number of anilines is 3. The Kier molecular flexibility index (Phi) is 5.65. The molecule has 0 saturated heterocycles. The molecular weight excluding hydrogens is 464 g/mol. The van der Waals surface area contributed by atoms with E-state index in [1.54, 1.807) is 36.5 Å². The molecule has 4 aromatic rings. The van der Waals surface area contributed by atoms with E-state index < -0.39 is 15.8 Å². The minimum atomic E-state index is -3.54. The minimum Gasteiger partial charge on any atom is -0.351 e. The second kappa shape index (κ2) is 8.26. The molecule has 1 aromatic carbocycles. The van der Waals surface area contributed by atoms with E-state index in [-0.39, 0.29) is 21.6 Å². The lowest BCUT2D eigenvalue weighted by Crippen LogP contribution is -2.10. The van der Waals surface area contributed by atoms with Crippen molar-refractivity contribution >= 4 is 61.3 Å². The molecule has 0 aliphatic carbocycles. The number of nitrogens with zero attached hydrogens (tertiary/aromatic N) is 3. The molecule has 0 amide bonds. The quantitative estimate of drug-likeness (QED) is 0.380. The van der Waals surface area contributed by atoms with Gasteiger partial charge in [0.15, 0.2) is 11.0 Å². The van der Waals surface area contributed by atoms with Gasteiger partial charge in [0.25, 0.3) is 0 Å². The van der Waals surface area contributed by atoms with Crippen molar-refractivity contribution in [2.24, 2.45) is 0 Å². The maximum atomic E-state index is 14.3. The largest absolute Gasteiger partial charge is 0.351 e. The highest BCUT2D eigenvalue weighted by molar-refractivity contribution is 7.92. The Morgan fingerprint density at radius 1 is 1.00 bits per heavy atom. The summed E-state index contributed by atoms with van der Waals surface area (Å²) >= 11 is 11.9. The fraction of sp³-hybridized carbons (Fsp3) is 0.0500. The number of pyridine rings is 3. The number of nitrogens with one attached hydrogen (secondary N) is 2. The third kappa shape index (κ3) is 4.68. The third-order valence-corrected chi connectivity index (χ3v) is 5.42. The summed E-state index contributed by atoms with van der Waals surface area (Å²) in [6, 6.07) is 11.3. The van der Waals surface area contributed by atoms with Gasteiger partial charge < -0.3 is 5.32 Å². The molecule has 31 heavy (non-hydrogen) atoms. The second-order valence-electron chi connectivity index (χ2n) is 6.59. The summed E-state index contributed by atoms with van der Waals surface area (Å²) in [6.07, 6.45) is 4.07. The molecule has 0 aliphatic heterocycles. The van der Waals surface area contributed by atoms with Crippen LogP contribution in [0.2, 0.25) is 10.2 Å². The zero-order valence-electron chi connectivity index (χ0n) is 15.9. The Labute approximate surface area is 187 Å². The molecule has 3 heterocycles. The van der Waals surface area contributed by atoms with E-state index in [9.17, 15) is 12.8 Å². The van der Waals surface area contributed by atoms with Crippen LogP contribution in [0, 0.1) is 5.82 Å². The van der Waals surface area contributed by atoms with E-state index in [1.165, 1.54) is 18.3 Å². The van der Waals surface area contributed by atoms with Gasteiger partial charge >= 0.3 is 0 Å². The predicted molar refractivity (Wildman–Crippen MR) is 121 cm³/mol.